The van der Waals surface area contributed by atoms with Crippen LogP contribution in [0.3, 0.4) is 0 Å². The Kier molecular flexibility index (Phi) is 13.0. The first-order valence-electron chi connectivity index (χ1n) is 13.0. The zero-order chi connectivity index (χ0) is 24.4. The van der Waals surface area contributed by atoms with Crippen molar-refractivity contribution in [3.05, 3.63) is 23.8 Å². The Morgan fingerprint density at radius 2 is 1.56 bits per heavy atom. The summed E-state index contributed by atoms with van der Waals surface area (Å²) >= 11 is 0. The molecule has 0 bridgehead atoms. The van der Waals surface area contributed by atoms with Gasteiger partial charge in [0.05, 0.1) is 19.3 Å². The summed E-state index contributed by atoms with van der Waals surface area (Å²) in [7, 11) is -1.88. The molecule has 32 heavy (non-hydrogen) atoms. The highest BCUT2D eigenvalue weighted by Crippen LogP contribution is 2.43. The normalized spacial score (nSPS) is 18.8. The van der Waals surface area contributed by atoms with Crippen LogP contribution in [0.2, 0.25) is 16.6 Å². The van der Waals surface area contributed by atoms with Crippen molar-refractivity contribution in [2.45, 2.75) is 135 Å². The molecule has 0 aromatic carbocycles. The summed E-state index contributed by atoms with van der Waals surface area (Å²) in [6.07, 6.45) is 12.5. The molecule has 1 aliphatic rings. The van der Waals surface area contributed by atoms with E-state index in [0.717, 1.165) is 38.5 Å². The Balaban J connectivity index is 2.72. The minimum Gasteiger partial charge on any atom is -0.410 e. The first-order chi connectivity index (χ1) is 15.0. The largest absolute Gasteiger partial charge is 0.410 e. The second-order valence-electron chi connectivity index (χ2n) is 10.8. The van der Waals surface area contributed by atoms with Gasteiger partial charge in [0, 0.05) is 18.9 Å². The summed E-state index contributed by atoms with van der Waals surface area (Å²) in [6, 6.07) is 0.0918. The molecule has 1 rings (SSSR count). The molecule has 0 aliphatic carbocycles. The molecule has 5 heteroatoms. The number of hydrogen-bond donors (Lipinski definition) is 1. The second-order valence-corrected chi connectivity index (χ2v) is 16.2. The van der Waals surface area contributed by atoms with Crippen LogP contribution < -0.4 is 5.73 Å². The Morgan fingerprint density at radius 1 is 1.00 bits per heavy atom. The first-order valence-corrected chi connectivity index (χ1v) is 15.1. The molecule has 0 unspecified atom stereocenters. The molecule has 1 heterocycles. The fourth-order valence-electron chi connectivity index (χ4n) is 5.43. The molecular formula is C27H53NO3Si. The molecule has 4 nitrogen and oxygen atoms in total. The number of nitrogens with two attached hydrogens (primary N) is 1. The van der Waals surface area contributed by atoms with Crippen LogP contribution in [-0.2, 0) is 13.9 Å². The smallest absolute Gasteiger partial charge is 0.201 e. The first kappa shape index (κ1) is 29.6. The average Bonchev–Trinajstić information content (AvgIpc) is 3.14. The van der Waals surface area contributed by atoms with Gasteiger partial charge in [-0.15, -0.1) is 0 Å². The lowest BCUT2D eigenvalue weighted by atomic mass is 9.98. The standard InChI is InChI=1S/C27H53NO3Si/c1-10-26(31-32(22(4)5,23(6)7)24(8)9)16-11-12-17-27(29-18-19-30-27)20-25(28)15-13-14-21(2)3/h11,14,16,22-26H,10,12-13,15,17-20,28H2,1-9H3/t25-,26-/m0/s1. The minimum atomic E-state index is -1.88. The molecule has 0 saturated carbocycles. The van der Waals surface area contributed by atoms with Gasteiger partial charge >= 0.3 is 0 Å². The van der Waals surface area contributed by atoms with Crippen LogP contribution in [0.15, 0.2) is 23.8 Å². The van der Waals surface area contributed by atoms with Crippen LogP contribution >= 0.6 is 0 Å². The topological polar surface area (TPSA) is 53.7 Å². The maximum Gasteiger partial charge on any atom is 0.201 e. The summed E-state index contributed by atoms with van der Waals surface area (Å²) in [5, 5.41) is 0. The number of rotatable bonds is 15. The van der Waals surface area contributed by atoms with Gasteiger partial charge in [0.2, 0.25) is 8.32 Å². The summed E-state index contributed by atoms with van der Waals surface area (Å²) in [6.45, 7) is 21.9. The molecule has 2 N–H and O–H groups in total. The summed E-state index contributed by atoms with van der Waals surface area (Å²) in [5.74, 6) is -0.524. The predicted octanol–water partition coefficient (Wildman–Crippen LogP) is 7.50. The number of ether oxygens (including phenoxy) is 2. The molecule has 1 fully saturated rings. The third kappa shape index (κ3) is 8.71. The van der Waals surface area contributed by atoms with E-state index in [1.54, 1.807) is 0 Å². The van der Waals surface area contributed by atoms with Gasteiger partial charge in [0.15, 0.2) is 5.79 Å². The molecule has 0 spiro atoms. The predicted molar refractivity (Wildman–Crippen MR) is 140 cm³/mol. The number of hydrogen-bond acceptors (Lipinski definition) is 4. The lowest BCUT2D eigenvalue weighted by molar-refractivity contribution is -0.169. The highest BCUT2D eigenvalue weighted by Gasteiger charge is 2.46. The maximum absolute atomic E-state index is 6.96. The molecule has 0 radical (unpaired) electrons. The Morgan fingerprint density at radius 3 is 2.03 bits per heavy atom. The molecule has 0 amide bonds. The van der Waals surface area contributed by atoms with Gasteiger partial charge in [-0.2, -0.15) is 0 Å². The zero-order valence-corrected chi connectivity index (χ0v) is 23.6. The summed E-state index contributed by atoms with van der Waals surface area (Å²) in [4.78, 5) is 0. The minimum absolute atomic E-state index is 0.0918. The van der Waals surface area contributed by atoms with Crippen molar-refractivity contribution in [2.24, 2.45) is 5.73 Å². The van der Waals surface area contributed by atoms with Crippen LogP contribution in [0.4, 0.5) is 0 Å². The van der Waals surface area contributed by atoms with Crippen molar-refractivity contribution < 1.29 is 13.9 Å². The van der Waals surface area contributed by atoms with Crippen LogP contribution in [-0.4, -0.2) is 39.5 Å². The fourth-order valence-corrected chi connectivity index (χ4v) is 11.0. The average molecular weight is 468 g/mol. The van der Waals surface area contributed by atoms with Crippen LogP contribution in [0.5, 0.6) is 0 Å². The van der Waals surface area contributed by atoms with Gasteiger partial charge in [0.1, 0.15) is 0 Å². The molecule has 188 valence electrons. The van der Waals surface area contributed by atoms with Crippen molar-refractivity contribution in [3.63, 3.8) is 0 Å². The van der Waals surface area contributed by atoms with Gasteiger partial charge in [-0.05, 0) is 56.2 Å². The van der Waals surface area contributed by atoms with Crippen molar-refractivity contribution in [2.75, 3.05) is 13.2 Å². The van der Waals surface area contributed by atoms with E-state index in [9.17, 15) is 0 Å². The van der Waals surface area contributed by atoms with Crippen molar-refractivity contribution in [3.8, 4) is 0 Å². The summed E-state index contributed by atoms with van der Waals surface area (Å²) in [5.41, 5.74) is 9.57. The van der Waals surface area contributed by atoms with Crippen molar-refractivity contribution >= 4 is 8.32 Å². The highest BCUT2D eigenvalue weighted by atomic mass is 28.4. The molecule has 1 aliphatic heterocycles. The Hall–Kier alpha value is -0.463. The summed E-state index contributed by atoms with van der Waals surface area (Å²) < 4.78 is 19.1. The van der Waals surface area contributed by atoms with Gasteiger partial charge in [0.25, 0.3) is 0 Å². The van der Waals surface area contributed by atoms with E-state index in [1.807, 2.05) is 0 Å². The molecule has 0 aromatic rings. The van der Waals surface area contributed by atoms with Crippen molar-refractivity contribution in [1.29, 1.82) is 0 Å². The maximum atomic E-state index is 6.96. The molecule has 0 aromatic heterocycles. The third-order valence-corrected chi connectivity index (χ3v) is 13.1. The third-order valence-electron chi connectivity index (χ3n) is 6.98. The van der Waals surface area contributed by atoms with Gasteiger partial charge in [-0.3, -0.25) is 0 Å². The fraction of sp³-hybridized carbons (Fsp3) is 0.852. The van der Waals surface area contributed by atoms with E-state index in [4.69, 9.17) is 19.6 Å². The molecule has 2 atom stereocenters. The van der Waals surface area contributed by atoms with E-state index < -0.39 is 14.1 Å². The monoisotopic (exact) mass is 467 g/mol. The zero-order valence-electron chi connectivity index (χ0n) is 22.6. The molecular weight excluding hydrogens is 414 g/mol. The van der Waals surface area contributed by atoms with E-state index in [-0.39, 0.29) is 12.1 Å². The van der Waals surface area contributed by atoms with E-state index >= 15 is 0 Å². The van der Waals surface area contributed by atoms with Gasteiger partial charge in [-0.1, -0.05) is 72.3 Å². The lowest BCUT2D eigenvalue weighted by Gasteiger charge is -2.44. The van der Waals surface area contributed by atoms with E-state index in [2.05, 4.69) is 80.5 Å². The van der Waals surface area contributed by atoms with Crippen LogP contribution in [0, 0.1) is 0 Å². The lowest BCUT2D eigenvalue weighted by Crippen LogP contribution is -2.49. The highest BCUT2D eigenvalue weighted by molar-refractivity contribution is 6.77. The molecule has 1 saturated heterocycles. The van der Waals surface area contributed by atoms with Gasteiger partial charge in [-0.25, -0.2) is 0 Å². The van der Waals surface area contributed by atoms with Gasteiger partial charge < -0.3 is 19.6 Å². The van der Waals surface area contributed by atoms with Crippen LogP contribution in [0.25, 0.3) is 0 Å². The SMILES string of the molecule is CC[C@@H](C=CCCC1(C[C@@H](N)CCC=C(C)C)OCCO1)O[Si](C(C)C)(C(C)C)C(C)C. The van der Waals surface area contributed by atoms with Crippen molar-refractivity contribution in [1.82, 2.24) is 0 Å². The Labute approximate surface area is 200 Å². The van der Waals surface area contributed by atoms with E-state index in [1.165, 1.54) is 5.57 Å². The van der Waals surface area contributed by atoms with Crippen LogP contribution in [0.1, 0.15) is 101 Å². The quantitative estimate of drug-likeness (QED) is 0.200. The second kappa shape index (κ2) is 14.1. The number of allylic oxidation sites excluding steroid dienone is 3. The van der Waals surface area contributed by atoms with E-state index in [0.29, 0.717) is 29.8 Å². The Bertz CT molecular complexity index is 554.